The van der Waals surface area contributed by atoms with Gasteiger partial charge in [0.25, 0.3) is 0 Å². The fraction of sp³-hybridized carbons (Fsp3) is 0.429. The van der Waals surface area contributed by atoms with Crippen LogP contribution in [0.1, 0.15) is 6.92 Å². The second-order valence-electron chi connectivity index (χ2n) is 7.55. The molecule has 0 amide bonds. The van der Waals surface area contributed by atoms with Crippen LogP contribution in [0.4, 0.5) is 11.4 Å². The summed E-state index contributed by atoms with van der Waals surface area (Å²) in [5.41, 5.74) is 1.25. The first-order valence-corrected chi connectivity index (χ1v) is 13.6. The second-order valence-corrected chi connectivity index (χ2v) is 11.3. The molecule has 0 saturated carbocycles. The van der Waals surface area contributed by atoms with E-state index in [2.05, 4.69) is 19.7 Å². The van der Waals surface area contributed by atoms with Crippen molar-refractivity contribution in [1.29, 1.82) is 0 Å². The van der Waals surface area contributed by atoms with Crippen LogP contribution in [0.3, 0.4) is 0 Å². The van der Waals surface area contributed by atoms with Crippen molar-refractivity contribution in [2.75, 3.05) is 55.8 Å². The zero-order valence-electron chi connectivity index (χ0n) is 18.9. The van der Waals surface area contributed by atoms with Crippen molar-refractivity contribution >= 4 is 31.4 Å². The first kappa shape index (κ1) is 25.1. The Balaban J connectivity index is 1.63. The predicted octanol–water partition coefficient (Wildman–Crippen LogP) is 1.22. The minimum Gasteiger partial charge on any atom is -0.497 e. The molecular weight excluding hydrogens is 468 g/mol. The maximum atomic E-state index is 12.7. The Bertz CT molecular complexity index is 1130. The molecule has 0 aromatic heterocycles. The van der Waals surface area contributed by atoms with E-state index in [1.807, 2.05) is 12.1 Å². The highest BCUT2D eigenvalue weighted by atomic mass is 32.2. The molecule has 1 fully saturated rings. The van der Waals surface area contributed by atoms with Gasteiger partial charge in [-0.25, -0.2) is 21.6 Å². The van der Waals surface area contributed by atoms with E-state index in [0.717, 1.165) is 12.2 Å². The second kappa shape index (κ2) is 10.6. The molecule has 182 valence electrons. The SMILES string of the molecule is CCS(=O)(=O)Nc1ccc(S(=O)(=O)NCC2CN(c3cc(OC)cc(OC)c3)CCN2)cc1. The van der Waals surface area contributed by atoms with Crippen LogP contribution >= 0.6 is 0 Å². The van der Waals surface area contributed by atoms with E-state index in [1.165, 1.54) is 31.2 Å². The molecular formula is C21H30N4O6S2. The third-order valence-electron chi connectivity index (χ3n) is 5.29. The number of rotatable bonds is 10. The van der Waals surface area contributed by atoms with Gasteiger partial charge in [0.2, 0.25) is 20.0 Å². The van der Waals surface area contributed by atoms with E-state index >= 15 is 0 Å². The van der Waals surface area contributed by atoms with E-state index in [-0.39, 0.29) is 23.2 Å². The van der Waals surface area contributed by atoms with Gasteiger partial charge in [0.15, 0.2) is 0 Å². The number of piperazine rings is 1. The first-order chi connectivity index (χ1) is 15.7. The molecule has 0 spiro atoms. The third kappa shape index (κ3) is 6.73. The van der Waals surface area contributed by atoms with Crippen molar-refractivity contribution in [1.82, 2.24) is 10.0 Å². The number of sulfonamides is 2. The van der Waals surface area contributed by atoms with E-state index in [0.29, 0.717) is 30.3 Å². The van der Waals surface area contributed by atoms with Gasteiger partial charge < -0.3 is 19.7 Å². The molecule has 10 nitrogen and oxygen atoms in total. The van der Waals surface area contributed by atoms with Crippen molar-refractivity contribution in [3.8, 4) is 11.5 Å². The van der Waals surface area contributed by atoms with Crippen LogP contribution in [0.2, 0.25) is 0 Å². The van der Waals surface area contributed by atoms with Gasteiger partial charge in [0, 0.05) is 61.8 Å². The molecule has 1 unspecified atom stereocenters. The Kier molecular flexibility index (Phi) is 8.05. The van der Waals surface area contributed by atoms with Crippen LogP contribution in [-0.4, -0.2) is 69.0 Å². The van der Waals surface area contributed by atoms with Crippen LogP contribution in [-0.2, 0) is 20.0 Å². The van der Waals surface area contributed by atoms with Crippen molar-refractivity contribution in [2.24, 2.45) is 0 Å². The number of hydrogen-bond donors (Lipinski definition) is 3. The largest absolute Gasteiger partial charge is 0.497 e. The van der Waals surface area contributed by atoms with Gasteiger partial charge in [-0.05, 0) is 31.2 Å². The molecule has 0 aliphatic carbocycles. The minimum absolute atomic E-state index is 0.0622. The summed E-state index contributed by atoms with van der Waals surface area (Å²) in [6, 6.07) is 11.1. The number of ether oxygens (including phenoxy) is 2. The number of anilines is 2. The molecule has 0 radical (unpaired) electrons. The molecule has 33 heavy (non-hydrogen) atoms. The first-order valence-electron chi connectivity index (χ1n) is 10.5. The molecule has 0 bridgehead atoms. The smallest absolute Gasteiger partial charge is 0.240 e. The summed E-state index contributed by atoms with van der Waals surface area (Å²) in [5.74, 6) is 1.30. The number of methoxy groups -OCH3 is 2. The molecule has 12 heteroatoms. The van der Waals surface area contributed by atoms with E-state index < -0.39 is 20.0 Å². The highest BCUT2D eigenvalue weighted by Crippen LogP contribution is 2.29. The van der Waals surface area contributed by atoms with Crippen LogP contribution in [0.15, 0.2) is 47.4 Å². The zero-order chi connectivity index (χ0) is 24.1. The highest BCUT2D eigenvalue weighted by molar-refractivity contribution is 7.92. The van der Waals surface area contributed by atoms with Crippen molar-refractivity contribution in [3.63, 3.8) is 0 Å². The molecule has 2 aromatic carbocycles. The summed E-state index contributed by atoms with van der Waals surface area (Å²) >= 11 is 0. The van der Waals surface area contributed by atoms with Crippen molar-refractivity contribution in [3.05, 3.63) is 42.5 Å². The molecule has 3 N–H and O–H groups in total. The maximum absolute atomic E-state index is 12.7. The lowest BCUT2D eigenvalue weighted by atomic mass is 10.1. The minimum atomic E-state index is -3.75. The van der Waals surface area contributed by atoms with Crippen LogP contribution < -0.4 is 29.1 Å². The Morgan fingerprint density at radius 3 is 2.24 bits per heavy atom. The standard InChI is InChI=1S/C21H30N4O6S2/c1-4-32(26,27)24-16-5-7-21(8-6-16)33(28,29)23-14-17-15-25(10-9-22-17)18-11-19(30-2)13-20(12-18)31-3/h5-8,11-13,17,22-24H,4,9-10,14-15H2,1-3H3. The Hall–Kier alpha value is -2.54. The summed E-state index contributed by atoms with van der Waals surface area (Å²) in [6.45, 7) is 3.77. The van der Waals surface area contributed by atoms with E-state index in [1.54, 1.807) is 20.3 Å². The van der Waals surface area contributed by atoms with Gasteiger partial charge >= 0.3 is 0 Å². The van der Waals surface area contributed by atoms with Gasteiger partial charge in [-0.2, -0.15) is 0 Å². The van der Waals surface area contributed by atoms with Crippen LogP contribution in [0.5, 0.6) is 11.5 Å². The van der Waals surface area contributed by atoms with Gasteiger partial charge in [0.05, 0.1) is 24.9 Å². The topological polar surface area (TPSA) is 126 Å². The number of nitrogens with zero attached hydrogens (tertiary/aromatic N) is 1. The lowest BCUT2D eigenvalue weighted by molar-refractivity contribution is 0.393. The zero-order valence-corrected chi connectivity index (χ0v) is 20.5. The van der Waals surface area contributed by atoms with E-state index in [9.17, 15) is 16.8 Å². The van der Waals surface area contributed by atoms with Gasteiger partial charge in [-0.15, -0.1) is 0 Å². The van der Waals surface area contributed by atoms with Crippen LogP contribution in [0.25, 0.3) is 0 Å². The summed E-state index contributed by atoms with van der Waals surface area (Å²) in [6.07, 6.45) is 0. The quantitative estimate of drug-likeness (QED) is 0.447. The summed E-state index contributed by atoms with van der Waals surface area (Å²) in [4.78, 5) is 2.21. The fourth-order valence-electron chi connectivity index (χ4n) is 3.42. The summed E-state index contributed by atoms with van der Waals surface area (Å²) in [7, 11) is -3.99. The Morgan fingerprint density at radius 2 is 1.67 bits per heavy atom. The summed E-state index contributed by atoms with van der Waals surface area (Å²) < 4.78 is 64.5. The number of nitrogens with one attached hydrogen (secondary N) is 3. The average Bonchev–Trinajstić information content (AvgIpc) is 2.82. The van der Waals surface area contributed by atoms with Gasteiger partial charge in [0.1, 0.15) is 11.5 Å². The summed E-state index contributed by atoms with van der Waals surface area (Å²) in [5, 5.41) is 3.33. The molecule has 1 aliphatic rings. The lowest BCUT2D eigenvalue weighted by Crippen LogP contribution is -2.55. The maximum Gasteiger partial charge on any atom is 0.240 e. The van der Waals surface area contributed by atoms with Crippen molar-refractivity contribution in [2.45, 2.75) is 17.9 Å². The monoisotopic (exact) mass is 498 g/mol. The molecule has 2 aromatic rings. The van der Waals surface area contributed by atoms with Crippen molar-refractivity contribution < 1.29 is 26.3 Å². The van der Waals surface area contributed by atoms with Gasteiger partial charge in [-0.1, -0.05) is 0 Å². The van der Waals surface area contributed by atoms with E-state index in [4.69, 9.17) is 9.47 Å². The normalized spacial score (nSPS) is 16.9. The van der Waals surface area contributed by atoms with Gasteiger partial charge in [-0.3, -0.25) is 4.72 Å². The molecule has 3 rings (SSSR count). The average molecular weight is 499 g/mol. The molecule has 1 saturated heterocycles. The predicted molar refractivity (Wildman–Crippen MR) is 128 cm³/mol. The number of benzene rings is 2. The highest BCUT2D eigenvalue weighted by Gasteiger charge is 2.23. The number of hydrogen-bond acceptors (Lipinski definition) is 8. The Labute approximate surface area is 195 Å². The molecule has 1 atom stereocenters. The Morgan fingerprint density at radius 1 is 1.03 bits per heavy atom. The third-order valence-corrected chi connectivity index (χ3v) is 8.04. The molecule has 1 aliphatic heterocycles. The van der Waals surface area contributed by atoms with Crippen LogP contribution in [0, 0.1) is 0 Å². The molecule has 1 heterocycles. The fourth-order valence-corrected chi connectivity index (χ4v) is 5.14. The lowest BCUT2D eigenvalue weighted by Gasteiger charge is -2.35.